The molecule has 2 aromatic heterocycles. The molecule has 178 valence electrons. The average molecular weight is 479 g/mol. The van der Waals surface area contributed by atoms with Gasteiger partial charge in [-0.2, -0.15) is 0 Å². The van der Waals surface area contributed by atoms with Crippen LogP contribution in [0.4, 0.5) is 4.79 Å². The van der Waals surface area contributed by atoms with E-state index in [0.29, 0.717) is 16.6 Å². The number of nitrogens with zero attached hydrogens (tertiary/aromatic N) is 2. The fraction of sp³-hybridized carbons (Fsp3) is 0.308. The lowest BCUT2D eigenvalue weighted by Crippen LogP contribution is -2.23. The van der Waals surface area contributed by atoms with Gasteiger partial charge in [0.1, 0.15) is 5.69 Å². The summed E-state index contributed by atoms with van der Waals surface area (Å²) in [6.45, 7) is 8.40. The first-order valence-corrected chi connectivity index (χ1v) is 12.1. The molecule has 3 aromatic rings. The Balaban J connectivity index is 2.17. The molecule has 8 heteroatoms. The molecule has 2 heterocycles. The number of benzene rings is 1. The molecule has 0 bridgehead atoms. The van der Waals surface area contributed by atoms with Crippen LogP contribution in [0.1, 0.15) is 52.4 Å². The van der Waals surface area contributed by atoms with E-state index in [1.165, 1.54) is 11.8 Å². The van der Waals surface area contributed by atoms with Gasteiger partial charge in [0.15, 0.2) is 0 Å². The molecule has 0 saturated carbocycles. The first-order valence-electron chi connectivity index (χ1n) is 11.1. The van der Waals surface area contributed by atoms with E-state index < -0.39 is 12.0 Å². The summed E-state index contributed by atoms with van der Waals surface area (Å²) < 4.78 is 0. The van der Waals surface area contributed by atoms with Crippen molar-refractivity contribution >= 4 is 23.8 Å². The Kier molecular flexibility index (Phi) is 8.28. The number of nitrogens with two attached hydrogens (primary N) is 1. The number of hydrogen-bond donors (Lipinski definition) is 3. The zero-order valence-corrected chi connectivity index (χ0v) is 20.7. The van der Waals surface area contributed by atoms with E-state index in [0.717, 1.165) is 45.6 Å². The third kappa shape index (κ3) is 6.14. The van der Waals surface area contributed by atoms with E-state index in [1.807, 2.05) is 32.0 Å². The van der Waals surface area contributed by atoms with E-state index in [1.54, 1.807) is 12.3 Å². The summed E-state index contributed by atoms with van der Waals surface area (Å²) in [7, 11) is 0. The predicted molar refractivity (Wildman–Crippen MR) is 135 cm³/mol. The molecule has 0 spiro atoms. The Morgan fingerprint density at radius 1 is 1.12 bits per heavy atom. The maximum absolute atomic E-state index is 11.8. The Morgan fingerprint density at radius 3 is 2.44 bits per heavy atom. The lowest BCUT2D eigenvalue weighted by molar-refractivity contribution is 0.0992. The highest BCUT2D eigenvalue weighted by Gasteiger charge is 2.21. The molecule has 0 aliphatic heterocycles. The quantitative estimate of drug-likeness (QED) is 0.368. The minimum absolute atomic E-state index is 0.158. The molecule has 0 atom stereocenters. The summed E-state index contributed by atoms with van der Waals surface area (Å²) >= 11 is 1.47. The summed E-state index contributed by atoms with van der Waals surface area (Å²) in [6, 6.07) is 11.8. The van der Waals surface area contributed by atoms with Gasteiger partial charge in [0.2, 0.25) is 0 Å². The molecule has 0 saturated heterocycles. The molecule has 0 unspecified atom stereocenters. The molecule has 7 nitrogen and oxygen atoms in total. The number of thioether (sulfide) groups is 1. The van der Waals surface area contributed by atoms with Gasteiger partial charge in [0.05, 0.1) is 0 Å². The number of aryl methyl sites for hydroxylation is 2. The van der Waals surface area contributed by atoms with Crippen LogP contribution in [0.5, 0.6) is 0 Å². The molecular weight excluding hydrogens is 448 g/mol. The molecular formula is C26H30N4O3S. The van der Waals surface area contributed by atoms with Crippen molar-refractivity contribution in [3.63, 3.8) is 0 Å². The largest absolute Gasteiger partial charge is 0.465 e. The Labute approximate surface area is 204 Å². The molecule has 0 aliphatic rings. The van der Waals surface area contributed by atoms with Gasteiger partial charge in [-0.3, -0.25) is 9.78 Å². The van der Waals surface area contributed by atoms with Gasteiger partial charge in [-0.05, 0) is 55.0 Å². The fourth-order valence-corrected chi connectivity index (χ4v) is 4.96. The SMILES string of the molecule is Cc1ccc(-c2c(CSc3cccnc3C(N)=O)c(C)nc(CC(C)C)c2CNC(=O)O)cc1. The van der Waals surface area contributed by atoms with Gasteiger partial charge in [0.25, 0.3) is 5.91 Å². The van der Waals surface area contributed by atoms with Gasteiger partial charge < -0.3 is 16.2 Å². The van der Waals surface area contributed by atoms with Crippen LogP contribution in [0.25, 0.3) is 11.1 Å². The van der Waals surface area contributed by atoms with Crippen molar-refractivity contribution in [2.45, 2.75) is 51.3 Å². The van der Waals surface area contributed by atoms with Crippen molar-refractivity contribution in [3.8, 4) is 11.1 Å². The number of nitrogens with one attached hydrogen (secondary N) is 1. The lowest BCUT2D eigenvalue weighted by atomic mass is 9.90. The summed E-state index contributed by atoms with van der Waals surface area (Å²) in [5.41, 5.74) is 12.5. The summed E-state index contributed by atoms with van der Waals surface area (Å²) in [4.78, 5) is 33.0. The van der Waals surface area contributed by atoms with Crippen molar-refractivity contribution in [2.24, 2.45) is 11.7 Å². The van der Waals surface area contributed by atoms with Gasteiger partial charge in [-0.25, -0.2) is 9.78 Å². The second-order valence-corrected chi connectivity index (χ2v) is 9.62. The van der Waals surface area contributed by atoms with Crippen molar-refractivity contribution < 1.29 is 14.7 Å². The van der Waals surface area contributed by atoms with E-state index in [2.05, 4.69) is 36.3 Å². The van der Waals surface area contributed by atoms with Gasteiger partial charge >= 0.3 is 6.09 Å². The zero-order valence-electron chi connectivity index (χ0n) is 19.9. The van der Waals surface area contributed by atoms with Crippen molar-refractivity contribution in [1.82, 2.24) is 15.3 Å². The van der Waals surface area contributed by atoms with Crippen LogP contribution in [0, 0.1) is 19.8 Å². The predicted octanol–water partition coefficient (Wildman–Crippen LogP) is 5.12. The van der Waals surface area contributed by atoms with Gasteiger partial charge in [0, 0.05) is 40.3 Å². The van der Waals surface area contributed by atoms with Crippen LogP contribution in [0.15, 0.2) is 47.5 Å². The first-order chi connectivity index (χ1) is 16.2. The Bertz CT molecular complexity index is 1190. The topological polar surface area (TPSA) is 118 Å². The molecule has 0 fully saturated rings. The second-order valence-electron chi connectivity index (χ2n) is 8.60. The number of hydrogen-bond acceptors (Lipinski definition) is 5. The molecule has 34 heavy (non-hydrogen) atoms. The summed E-state index contributed by atoms with van der Waals surface area (Å²) in [6.07, 6.45) is 1.20. The third-order valence-corrected chi connectivity index (χ3v) is 6.50. The van der Waals surface area contributed by atoms with Crippen molar-refractivity contribution in [3.05, 3.63) is 76.4 Å². The first kappa shape index (κ1) is 25.2. The fourth-order valence-electron chi connectivity index (χ4n) is 3.84. The average Bonchev–Trinajstić information content (AvgIpc) is 2.77. The number of rotatable bonds is 9. The number of aromatic nitrogens is 2. The lowest BCUT2D eigenvalue weighted by Gasteiger charge is -2.22. The van der Waals surface area contributed by atoms with E-state index in [-0.39, 0.29) is 12.2 Å². The van der Waals surface area contributed by atoms with Crippen LogP contribution in [0.2, 0.25) is 0 Å². The highest BCUT2D eigenvalue weighted by atomic mass is 32.2. The minimum atomic E-state index is -1.08. The number of carboxylic acid groups (broad SMARTS) is 1. The Morgan fingerprint density at radius 2 is 1.82 bits per heavy atom. The standard InChI is InChI=1S/C26H30N4O3S/c1-15(2)12-21-19(13-29-26(32)33)23(18-9-7-16(3)8-10-18)20(17(4)30-21)14-34-22-6-5-11-28-24(22)25(27)31/h5-11,15,29H,12-14H2,1-4H3,(H2,27,31)(H,32,33). The third-order valence-electron chi connectivity index (χ3n) is 5.43. The van der Waals surface area contributed by atoms with Crippen molar-refractivity contribution in [2.75, 3.05) is 0 Å². The molecule has 2 amide bonds. The minimum Gasteiger partial charge on any atom is -0.465 e. The van der Waals surface area contributed by atoms with Crippen LogP contribution in [-0.4, -0.2) is 27.1 Å². The van der Waals surface area contributed by atoms with E-state index in [9.17, 15) is 14.7 Å². The molecule has 3 rings (SSSR count). The molecule has 4 N–H and O–H groups in total. The number of carbonyl (C=O) groups is 2. The van der Waals surface area contributed by atoms with Crippen LogP contribution >= 0.6 is 11.8 Å². The number of amides is 2. The second kappa shape index (κ2) is 11.2. The molecule has 1 aromatic carbocycles. The maximum atomic E-state index is 11.8. The monoisotopic (exact) mass is 478 g/mol. The Hall–Kier alpha value is -3.39. The number of primary amides is 1. The van der Waals surface area contributed by atoms with E-state index >= 15 is 0 Å². The summed E-state index contributed by atoms with van der Waals surface area (Å²) in [5, 5.41) is 11.9. The summed E-state index contributed by atoms with van der Waals surface area (Å²) in [5.74, 6) is 0.307. The molecule has 0 aliphatic carbocycles. The van der Waals surface area contributed by atoms with Gasteiger partial charge in [-0.15, -0.1) is 11.8 Å². The number of pyridine rings is 2. The molecule has 0 radical (unpaired) electrons. The van der Waals surface area contributed by atoms with Crippen LogP contribution in [-0.2, 0) is 18.7 Å². The van der Waals surface area contributed by atoms with Crippen LogP contribution < -0.4 is 11.1 Å². The van der Waals surface area contributed by atoms with E-state index in [4.69, 9.17) is 10.7 Å². The van der Waals surface area contributed by atoms with Crippen LogP contribution in [0.3, 0.4) is 0 Å². The zero-order chi connectivity index (χ0) is 24.8. The number of carbonyl (C=O) groups excluding carboxylic acids is 1. The highest BCUT2D eigenvalue weighted by Crippen LogP contribution is 2.36. The van der Waals surface area contributed by atoms with Gasteiger partial charge in [-0.1, -0.05) is 43.7 Å². The normalized spacial score (nSPS) is 11.0. The smallest absolute Gasteiger partial charge is 0.404 e. The van der Waals surface area contributed by atoms with Crippen molar-refractivity contribution in [1.29, 1.82) is 0 Å². The maximum Gasteiger partial charge on any atom is 0.404 e. The highest BCUT2D eigenvalue weighted by molar-refractivity contribution is 7.98.